The summed E-state index contributed by atoms with van der Waals surface area (Å²) < 4.78 is 48.3. The second-order valence-electron chi connectivity index (χ2n) is 9.71. The summed E-state index contributed by atoms with van der Waals surface area (Å²) in [5, 5.41) is 2.80. The van der Waals surface area contributed by atoms with Gasteiger partial charge < -0.3 is 15.0 Å². The Labute approximate surface area is 235 Å². The first-order valence-corrected chi connectivity index (χ1v) is 14.5. The first-order chi connectivity index (χ1) is 18.9. The minimum atomic E-state index is -4.23. The third kappa shape index (κ3) is 7.59. The lowest BCUT2D eigenvalue weighted by Crippen LogP contribution is -2.52. The number of carbonyl (C=O) groups excluding carboxylic acids is 2. The summed E-state index contributed by atoms with van der Waals surface area (Å²) in [6, 6.07) is 17.4. The fourth-order valence-corrected chi connectivity index (χ4v) is 5.49. The van der Waals surface area contributed by atoms with Crippen molar-refractivity contribution in [3.05, 3.63) is 89.7 Å². The molecule has 0 bridgehead atoms. The maximum atomic E-state index is 14.0. The normalized spacial score (nSPS) is 12.1. The van der Waals surface area contributed by atoms with Crippen LogP contribution in [0.15, 0.2) is 77.7 Å². The fourth-order valence-electron chi connectivity index (χ4n) is 4.07. The molecule has 10 heteroatoms. The number of amides is 2. The molecule has 1 atom stereocenters. The molecule has 214 valence electrons. The van der Waals surface area contributed by atoms with Gasteiger partial charge in [-0.2, -0.15) is 0 Å². The largest absolute Gasteiger partial charge is 0.492 e. The van der Waals surface area contributed by atoms with Crippen molar-refractivity contribution < 1.29 is 27.1 Å². The van der Waals surface area contributed by atoms with Gasteiger partial charge in [-0.15, -0.1) is 0 Å². The van der Waals surface area contributed by atoms with Crippen LogP contribution < -0.4 is 14.4 Å². The second kappa shape index (κ2) is 13.4. The highest BCUT2D eigenvalue weighted by Gasteiger charge is 2.34. The van der Waals surface area contributed by atoms with E-state index in [0.717, 1.165) is 9.87 Å². The maximum Gasteiger partial charge on any atom is 0.264 e. The monoisotopic (exact) mass is 569 g/mol. The van der Waals surface area contributed by atoms with E-state index in [4.69, 9.17) is 4.74 Å². The minimum absolute atomic E-state index is 0.00730. The average Bonchev–Trinajstić information content (AvgIpc) is 2.91. The van der Waals surface area contributed by atoms with Gasteiger partial charge in [0.05, 0.1) is 17.2 Å². The third-order valence-electron chi connectivity index (χ3n) is 6.19. The molecule has 1 unspecified atom stereocenters. The molecule has 0 heterocycles. The number of ether oxygens (including phenoxy) is 1. The van der Waals surface area contributed by atoms with Crippen molar-refractivity contribution in [2.45, 2.75) is 58.1 Å². The molecule has 0 spiro atoms. The molecule has 0 fully saturated rings. The highest BCUT2D eigenvalue weighted by molar-refractivity contribution is 7.92. The third-order valence-corrected chi connectivity index (χ3v) is 7.96. The molecule has 0 aliphatic heterocycles. The summed E-state index contributed by atoms with van der Waals surface area (Å²) in [6.45, 7) is 8.46. The van der Waals surface area contributed by atoms with Crippen molar-refractivity contribution in [1.29, 1.82) is 0 Å². The predicted molar refractivity (Wildman–Crippen MR) is 153 cm³/mol. The number of rotatable bonds is 12. The van der Waals surface area contributed by atoms with E-state index in [1.54, 1.807) is 64.1 Å². The van der Waals surface area contributed by atoms with E-state index >= 15 is 0 Å². The molecule has 3 aromatic carbocycles. The van der Waals surface area contributed by atoms with Crippen LogP contribution in [-0.4, -0.2) is 50.4 Å². The first kappa shape index (κ1) is 30.6. The number of hydrogen-bond donors (Lipinski definition) is 1. The van der Waals surface area contributed by atoms with Crippen LogP contribution in [0.1, 0.15) is 38.8 Å². The highest BCUT2D eigenvalue weighted by Crippen LogP contribution is 2.33. The van der Waals surface area contributed by atoms with Gasteiger partial charge in [-0.25, -0.2) is 12.8 Å². The van der Waals surface area contributed by atoms with Gasteiger partial charge in [-0.05, 0) is 76.6 Å². The lowest BCUT2D eigenvalue weighted by atomic mass is 10.1. The van der Waals surface area contributed by atoms with Gasteiger partial charge >= 0.3 is 0 Å². The lowest BCUT2D eigenvalue weighted by molar-refractivity contribution is -0.139. The highest BCUT2D eigenvalue weighted by atomic mass is 32.2. The summed E-state index contributed by atoms with van der Waals surface area (Å²) in [6.07, 6.45) is 0. The minimum Gasteiger partial charge on any atom is -0.492 e. The number of anilines is 1. The number of halogens is 1. The number of nitrogens with one attached hydrogen (secondary N) is 1. The molecule has 0 saturated carbocycles. The van der Waals surface area contributed by atoms with Crippen LogP contribution in [-0.2, 0) is 26.2 Å². The van der Waals surface area contributed by atoms with E-state index in [2.05, 4.69) is 5.32 Å². The quantitative estimate of drug-likeness (QED) is 0.342. The number of aryl methyl sites for hydroxylation is 1. The van der Waals surface area contributed by atoms with Crippen LogP contribution in [0, 0.1) is 12.7 Å². The Morgan fingerprint density at radius 1 is 0.950 bits per heavy atom. The molecule has 0 aliphatic rings. The molecular weight excluding hydrogens is 533 g/mol. The van der Waals surface area contributed by atoms with Gasteiger partial charge in [0.1, 0.15) is 24.2 Å². The molecule has 0 aromatic heterocycles. The number of sulfonamides is 1. The smallest absolute Gasteiger partial charge is 0.264 e. The zero-order chi connectivity index (χ0) is 29.4. The standard InChI is InChI=1S/C30H36FN3O5S/c1-6-39-28-10-8-7-9-27(28)34(40(37,38)26-17-11-22(4)12-18-26)20-29(35)33(23(5)30(36)32-21(2)3)19-24-13-15-25(31)16-14-24/h7-18,21,23H,6,19-20H2,1-5H3,(H,32,36). The average molecular weight is 570 g/mol. The molecule has 0 radical (unpaired) electrons. The maximum absolute atomic E-state index is 14.0. The van der Waals surface area contributed by atoms with Crippen LogP contribution in [0.4, 0.5) is 10.1 Å². The number of hydrogen-bond acceptors (Lipinski definition) is 5. The van der Waals surface area contributed by atoms with E-state index in [0.29, 0.717) is 11.3 Å². The molecule has 0 saturated heterocycles. The topological polar surface area (TPSA) is 96.0 Å². The summed E-state index contributed by atoms with van der Waals surface area (Å²) in [5.74, 6) is -1.15. The molecule has 0 aliphatic carbocycles. The van der Waals surface area contributed by atoms with Gasteiger partial charge in [-0.3, -0.25) is 13.9 Å². The van der Waals surface area contributed by atoms with Crippen molar-refractivity contribution in [2.24, 2.45) is 0 Å². The summed E-state index contributed by atoms with van der Waals surface area (Å²) in [5.41, 5.74) is 1.66. The molecule has 2 amide bonds. The molecule has 40 heavy (non-hydrogen) atoms. The van der Waals surface area contributed by atoms with Gasteiger partial charge in [0.25, 0.3) is 10.0 Å². The number of carbonyl (C=O) groups is 2. The van der Waals surface area contributed by atoms with Crippen molar-refractivity contribution in [3.63, 3.8) is 0 Å². The SMILES string of the molecule is CCOc1ccccc1N(CC(=O)N(Cc1ccc(F)cc1)C(C)C(=O)NC(C)C)S(=O)(=O)c1ccc(C)cc1. The van der Waals surface area contributed by atoms with Gasteiger partial charge in [0.2, 0.25) is 11.8 Å². The molecule has 8 nitrogen and oxygen atoms in total. The lowest BCUT2D eigenvalue weighted by Gasteiger charge is -2.32. The Balaban J connectivity index is 2.08. The van der Waals surface area contributed by atoms with E-state index in [1.165, 1.54) is 41.3 Å². The number of benzene rings is 3. The van der Waals surface area contributed by atoms with E-state index in [-0.39, 0.29) is 29.8 Å². The zero-order valence-electron chi connectivity index (χ0n) is 23.4. The molecule has 3 aromatic rings. The van der Waals surface area contributed by atoms with Crippen molar-refractivity contribution in [3.8, 4) is 5.75 Å². The summed E-state index contributed by atoms with van der Waals surface area (Å²) in [4.78, 5) is 28.2. The van der Waals surface area contributed by atoms with E-state index in [1.807, 2.05) is 6.92 Å². The van der Waals surface area contributed by atoms with Crippen LogP contribution >= 0.6 is 0 Å². The van der Waals surface area contributed by atoms with Gasteiger partial charge in [0.15, 0.2) is 0 Å². The summed E-state index contributed by atoms with van der Waals surface area (Å²) in [7, 11) is -4.23. The Hall–Kier alpha value is -3.92. The van der Waals surface area contributed by atoms with Gasteiger partial charge in [-0.1, -0.05) is 42.0 Å². The van der Waals surface area contributed by atoms with Gasteiger partial charge in [0, 0.05) is 12.6 Å². The predicted octanol–water partition coefficient (Wildman–Crippen LogP) is 4.67. The van der Waals surface area contributed by atoms with Crippen molar-refractivity contribution >= 4 is 27.5 Å². The van der Waals surface area contributed by atoms with Crippen molar-refractivity contribution in [1.82, 2.24) is 10.2 Å². The van der Waals surface area contributed by atoms with Crippen LogP contribution in [0.25, 0.3) is 0 Å². The first-order valence-electron chi connectivity index (χ1n) is 13.1. The van der Waals surface area contributed by atoms with Crippen LogP contribution in [0.2, 0.25) is 0 Å². The Kier molecular flexibility index (Phi) is 10.3. The second-order valence-corrected chi connectivity index (χ2v) is 11.6. The van der Waals surface area contributed by atoms with Crippen LogP contribution in [0.3, 0.4) is 0 Å². The summed E-state index contributed by atoms with van der Waals surface area (Å²) >= 11 is 0. The fraction of sp³-hybridized carbons (Fsp3) is 0.333. The van der Waals surface area contributed by atoms with Crippen LogP contribution in [0.5, 0.6) is 5.75 Å². The number of para-hydroxylation sites is 2. The Morgan fingerprint density at radius 3 is 2.17 bits per heavy atom. The molecule has 1 N–H and O–H groups in total. The van der Waals surface area contributed by atoms with E-state index < -0.39 is 40.2 Å². The molecular formula is C30H36FN3O5S. The Morgan fingerprint density at radius 2 is 1.57 bits per heavy atom. The molecule has 3 rings (SSSR count). The Bertz CT molecular complexity index is 1410. The van der Waals surface area contributed by atoms with E-state index in [9.17, 15) is 22.4 Å². The zero-order valence-corrected chi connectivity index (χ0v) is 24.2. The van der Waals surface area contributed by atoms with Crippen molar-refractivity contribution in [2.75, 3.05) is 17.5 Å². The number of nitrogens with zero attached hydrogens (tertiary/aromatic N) is 2.